The summed E-state index contributed by atoms with van der Waals surface area (Å²) in [5.41, 5.74) is 3.81. The highest BCUT2D eigenvalue weighted by molar-refractivity contribution is 8.00. The minimum atomic E-state index is -0.362. The van der Waals surface area contributed by atoms with E-state index in [4.69, 9.17) is 0 Å². The van der Waals surface area contributed by atoms with Crippen molar-refractivity contribution in [3.05, 3.63) is 59.4 Å². The van der Waals surface area contributed by atoms with Crippen molar-refractivity contribution in [3.8, 4) is 11.4 Å². The second kappa shape index (κ2) is 8.78. The fraction of sp³-hybridized carbons (Fsp3) is 0.318. The lowest BCUT2D eigenvalue weighted by molar-refractivity contribution is -0.115. The third kappa shape index (κ3) is 4.67. The van der Waals surface area contributed by atoms with E-state index in [1.807, 2.05) is 43.7 Å². The third-order valence-electron chi connectivity index (χ3n) is 4.76. The summed E-state index contributed by atoms with van der Waals surface area (Å²) in [6.45, 7) is 8.06. The average molecular weight is 413 g/mol. The number of aryl methyl sites for hydroxylation is 1. The van der Waals surface area contributed by atoms with Crippen LogP contribution < -0.4 is 5.32 Å². The molecule has 1 heterocycles. The van der Waals surface area contributed by atoms with E-state index >= 15 is 0 Å². The molecule has 0 spiro atoms. The molecule has 5 nitrogen and oxygen atoms in total. The van der Waals surface area contributed by atoms with Crippen LogP contribution in [0.1, 0.15) is 37.8 Å². The van der Waals surface area contributed by atoms with Gasteiger partial charge in [0.15, 0.2) is 11.0 Å². The smallest absolute Gasteiger partial charge is 0.237 e. The van der Waals surface area contributed by atoms with E-state index < -0.39 is 0 Å². The first-order valence-electron chi connectivity index (χ1n) is 9.50. The largest absolute Gasteiger partial charge is 0.325 e. The highest BCUT2D eigenvalue weighted by atomic mass is 32.2. The zero-order chi connectivity index (χ0) is 21.1. The van der Waals surface area contributed by atoms with Gasteiger partial charge in [0.25, 0.3) is 0 Å². The Bertz CT molecular complexity index is 1010. The number of carbonyl (C=O) groups is 1. The quantitative estimate of drug-likeness (QED) is 0.567. The normalized spacial score (nSPS) is 12.2. The number of aromatic nitrogens is 3. The molecule has 0 bridgehead atoms. The Morgan fingerprint density at radius 3 is 2.45 bits per heavy atom. The summed E-state index contributed by atoms with van der Waals surface area (Å²) < 4.78 is 15.0. The van der Waals surface area contributed by atoms with Gasteiger partial charge in [-0.3, -0.25) is 4.79 Å². The molecule has 3 aromatic rings. The number of amides is 1. The van der Waals surface area contributed by atoms with Crippen molar-refractivity contribution in [2.24, 2.45) is 7.05 Å². The molecule has 1 unspecified atom stereocenters. The third-order valence-corrected chi connectivity index (χ3v) is 5.90. The SMILES string of the molecule is Cc1cccc(C(C)C)c1NC(=O)C(C)Sc1nnc(-c2ccc(F)cc2)n1C. The van der Waals surface area contributed by atoms with Crippen molar-refractivity contribution >= 4 is 23.4 Å². The van der Waals surface area contributed by atoms with Gasteiger partial charge in [-0.05, 0) is 55.2 Å². The van der Waals surface area contributed by atoms with E-state index in [2.05, 4.69) is 29.4 Å². The molecule has 0 aliphatic rings. The van der Waals surface area contributed by atoms with Gasteiger partial charge in [0, 0.05) is 18.3 Å². The predicted molar refractivity (Wildman–Crippen MR) is 116 cm³/mol. The maximum absolute atomic E-state index is 13.2. The van der Waals surface area contributed by atoms with Crippen molar-refractivity contribution in [1.29, 1.82) is 0 Å². The van der Waals surface area contributed by atoms with Gasteiger partial charge in [-0.15, -0.1) is 10.2 Å². The van der Waals surface area contributed by atoms with Crippen LogP contribution in [0.3, 0.4) is 0 Å². The number of benzene rings is 2. The maximum atomic E-state index is 13.2. The number of thioether (sulfide) groups is 1. The summed E-state index contributed by atoms with van der Waals surface area (Å²) in [6.07, 6.45) is 0. The number of hydrogen-bond acceptors (Lipinski definition) is 4. The second-order valence-electron chi connectivity index (χ2n) is 7.32. The Kier molecular flexibility index (Phi) is 6.37. The van der Waals surface area contributed by atoms with E-state index in [-0.39, 0.29) is 17.0 Å². The molecule has 0 saturated heterocycles. The Labute approximate surface area is 174 Å². The van der Waals surface area contributed by atoms with Crippen LogP contribution in [0.4, 0.5) is 10.1 Å². The standard InChI is InChI=1S/C22H25FN4OS/c1-13(2)18-8-6-7-14(3)19(18)24-21(28)15(4)29-22-26-25-20(27(22)5)16-9-11-17(23)12-10-16/h6-13,15H,1-5H3,(H,24,28). The first kappa shape index (κ1) is 21.0. The number of carbonyl (C=O) groups excluding carboxylic acids is 1. The average Bonchev–Trinajstić information content (AvgIpc) is 3.04. The summed E-state index contributed by atoms with van der Waals surface area (Å²) in [5.74, 6) is 0.552. The lowest BCUT2D eigenvalue weighted by atomic mass is 9.98. The van der Waals surface area contributed by atoms with Crippen molar-refractivity contribution < 1.29 is 9.18 Å². The van der Waals surface area contributed by atoms with E-state index in [9.17, 15) is 9.18 Å². The number of halogens is 1. The molecule has 0 aliphatic carbocycles. The first-order chi connectivity index (χ1) is 13.8. The lowest BCUT2D eigenvalue weighted by Gasteiger charge is -2.18. The number of nitrogens with zero attached hydrogens (tertiary/aromatic N) is 3. The monoisotopic (exact) mass is 412 g/mol. The lowest BCUT2D eigenvalue weighted by Crippen LogP contribution is -2.24. The van der Waals surface area contributed by atoms with Gasteiger partial charge in [0.05, 0.1) is 5.25 Å². The Hall–Kier alpha value is -2.67. The highest BCUT2D eigenvalue weighted by Crippen LogP contribution is 2.30. The molecule has 152 valence electrons. The molecular formula is C22H25FN4OS. The molecule has 2 aromatic carbocycles. The van der Waals surface area contributed by atoms with Crippen LogP contribution in [-0.2, 0) is 11.8 Å². The van der Waals surface area contributed by atoms with Gasteiger partial charge >= 0.3 is 0 Å². The van der Waals surface area contributed by atoms with Gasteiger partial charge in [-0.1, -0.05) is 43.8 Å². The summed E-state index contributed by atoms with van der Waals surface area (Å²) in [7, 11) is 1.84. The number of nitrogens with one attached hydrogen (secondary N) is 1. The van der Waals surface area contributed by atoms with Crippen LogP contribution >= 0.6 is 11.8 Å². The molecule has 1 atom stereocenters. The minimum absolute atomic E-state index is 0.0856. The van der Waals surface area contributed by atoms with Gasteiger partial charge in [-0.25, -0.2) is 4.39 Å². The molecule has 1 aromatic heterocycles. The molecule has 0 radical (unpaired) electrons. The fourth-order valence-corrected chi connectivity index (χ4v) is 3.86. The van der Waals surface area contributed by atoms with Crippen LogP contribution in [0.25, 0.3) is 11.4 Å². The van der Waals surface area contributed by atoms with Crippen LogP contribution in [-0.4, -0.2) is 25.9 Å². The summed E-state index contributed by atoms with van der Waals surface area (Å²) in [6, 6.07) is 12.2. The molecule has 0 aliphatic heterocycles. The number of rotatable bonds is 6. The first-order valence-corrected chi connectivity index (χ1v) is 10.4. The topological polar surface area (TPSA) is 59.8 Å². The maximum Gasteiger partial charge on any atom is 0.237 e. The van der Waals surface area contributed by atoms with Gasteiger partial charge in [0.2, 0.25) is 5.91 Å². The molecule has 0 fully saturated rings. The highest BCUT2D eigenvalue weighted by Gasteiger charge is 2.21. The zero-order valence-electron chi connectivity index (χ0n) is 17.2. The van der Waals surface area contributed by atoms with E-state index in [0.717, 1.165) is 22.4 Å². The summed E-state index contributed by atoms with van der Waals surface area (Å²) in [4.78, 5) is 12.8. The van der Waals surface area contributed by atoms with Crippen LogP contribution in [0.2, 0.25) is 0 Å². The van der Waals surface area contributed by atoms with E-state index in [1.54, 1.807) is 12.1 Å². The Balaban J connectivity index is 1.75. The van der Waals surface area contributed by atoms with Crippen molar-refractivity contribution in [2.45, 2.75) is 44.0 Å². The molecule has 7 heteroatoms. The molecule has 0 saturated carbocycles. The fourth-order valence-electron chi connectivity index (χ4n) is 3.05. The van der Waals surface area contributed by atoms with Gasteiger partial charge in [0.1, 0.15) is 5.82 Å². The van der Waals surface area contributed by atoms with Crippen LogP contribution in [0, 0.1) is 12.7 Å². The Morgan fingerprint density at radius 1 is 1.10 bits per heavy atom. The second-order valence-corrected chi connectivity index (χ2v) is 8.62. The van der Waals surface area contributed by atoms with E-state index in [1.165, 1.54) is 23.9 Å². The molecule has 29 heavy (non-hydrogen) atoms. The van der Waals surface area contributed by atoms with E-state index in [0.29, 0.717) is 16.9 Å². The summed E-state index contributed by atoms with van der Waals surface area (Å²) in [5, 5.41) is 11.8. The van der Waals surface area contributed by atoms with Crippen molar-refractivity contribution in [3.63, 3.8) is 0 Å². The van der Waals surface area contributed by atoms with Crippen molar-refractivity contribution in [2.75, 3.05) is 5.32 Å². The molecule has 3 rings (SSSR count). The molecular weight excluding hydrogens is 387 g/mol. The van der Waals surface area contributed by atoms with Crippen LogP contribution in [0.15, 0.2) is 47.6 Å². The van der Waals surface area contributed by atoms with Gasteiger partial charge in [-0.2, -0.15) is 0 Å². The zero-order valence-corrected chi connectivity index (χ0v) is 18.0. The van der Waals surface area contributed by atoms with Gasteiger partial charge < -0.3 is 9.88 Å². The molecule has 1 amide bonds. The number of para-hydroxylation sites is 1. The predicted octanol–water partition coefficient (Wildman–Crippen LogP) is 5.17. The summed E-state index contributed by atoms with van der Waals surface area (Å²) >= 11 is 1.34. The van der Waals surface area contributed by atoms with Crippen molar-refractivity contribution in [1.82, 2.24) is 14.8 Å². The number of hydrogen-bond donors (Lipinski definition) is 1. The molecule has 1 N–H and O–H groups in total. The number of anilines is 1. The Morgan fingerprint density at radius 2 is 1.79 bits per heavy atom. The van der Waals surface area contributed by atoms with Crippen LogP contribution in [0.5, 0.6) is 0 Å². The minimum Gasteiger partial charge on any atom is -0.325 e.